The van der Waals surface area contributed by atoms with E-state index in [1.807, 2.05) is 29.0 Å². The van der Waals surface area contributed by atoms with Gasteiger partial charge in [0.05, 0.1) is 16.6 Å². The molecular weight excluding hydrogens is 498 g/mol. The number of likely N-dealkylation sites (N-methyl/N-ethyl adjacent to an activating group) is 1. The molecule has 0 radical (unpaired) electrons. The summed E-state index contributed by atoms with van der Waals surface area (Å²) in [6.07, 6.45) is 9.48. The number of rotatable bonds is 6. The van der Waals surface area contributed by atoms with Crippen molar-refractivity contribution in [3.63, 3.8) is 0 Å². The second-order valence-corrected chi connectivity index (χ2v) is 11.3. The molecule has 3 aromatic heterocycles. The number of fused-ring (bicyclic) bond motifs is 1. The first-order valence-corrected chi connectivity index (χ1v) is 14.6. The maximum absolute atomic E-state index is 13.5. The number of aromatic nitrogens is 3. The number of pyridine rings is 1. The van der Waals surface area contributed by atoms with Crippen molar-refractivity contribution in [3.05, 3.63) is 78.9 Å². The molecule has 4 aromatic rings. The molecule has 1 aliphatic carbocycles. The van der Waals surface area contributed by atoms with E-state index in [9.17, 15) is 4.79 Å². The summed E-state index contributed by atoms with van der Waals surface area (Å²) in [5.41, 5.74) is 6.66. The Balaban J connectivity index is 1.05. The summed E-state index contributed by atoms with van der Waals surface area (Å²) in [4.78, 5) is 27.2. The summed E-state index contributed by atoms with van der Waals surface area (Å²) >= 11 is 0. The molecule has 5 heterocycles. The Kier molecular flexibility index (Phi) is 6.42. The molecule has 0 atom stereocenters. The van der Waals surface area contributed by atoms with E-state index in [0.717, 1.165) is 82.8 Å². The molecule has 1 aromatic carbocycles. The van der Waals surface area contributed by atoms with Gasteiger partial charge in [0.25, 0.3) is 0 Å². The predicted molar refractivity (Wildman–Crippen MR) is 159 cm³/mol. The number of anilines is 2. The lowest BCUT2D eigenvalue weighted by Crippen LogP contribution is -2.51. The van der Waals surface area contributed by atoms with E-state index in [1.54, 1.807) is 6.20 Å². The lowest BCUT2D eigenvalue weighted by atomic mass is 9.95. The number of amides is 1. The van der Waals surface area contributed by atoms with Crippen LogP contribution in [-0.2, 0) is 10.2 Å². The van der Waals surface area contributed by atoms with Gasteiger partial charge in [0.15, 0.2) is 0 Å². The van der Waals surface area contributed by atoms with Gasteiger partial charge >= 0.3 is 0 Å². The van der Waals surface area contributed by atoms with E-state index in [0.29, 0.717) is 0 Å². The molecule has 3 aliphatic rings. The Morgan fingerprint density at radius 2 is 1.60 bits per heavy atom. The van der Waals surface area contributed by atoms with Crippen molar-refractivity contribution in [3.8, 4) is 11.1 Å². The SMILES string of the molecule is CCN1CCN(c2ccc(-c3cc4c(N5CCN(C(=O)C6(c7cccnc7)CC6)CC5)ccnn4c3)cc2)CC1. The molecule has 206 valence electrons. The molecule has 8 heteroatoms. The molecule has 8 nitrogen and oxygen atoms in total. The van der Waals surface area contributed by atoms with Gasteiger partial charge in [0.1, 0.15) is 0 Å². The van der Waals surface area contributed by atoms with Gasteiger partial charge in [-0.1, -0.05) is 25.1 Å². The second-order valence-electron chi connectivity index (χ2n) is 11.3. The minimum atomic E-state index is -0.351. The maximum Gasteiger partial charge on any atom is 0.233 e. The van der Waals surface area contributed by atoms with Crippen molar-refractivity contribution in [1.29, 1.82) is 0 Å². The van der Waals surface area contributed by atoms with Crippen LogP contribution in [0.3, 0.4) is 0 Å². The zero-order valence-electron chi connectivity index (χ0n) is 23.2. The third kappa shape index (κ3) is 4.50. The molecule has 0 unspecified atom stereocenters. The van der Waals surface area contributed by atoms with Crippen molar-refractivity contribution in [2.45, 2.75) is 25.2 Å². The Hall–Kier alpha value is -3.91. The van der Waals surface area contributed by atoms with E-state index in [4.69, 9.17) is 0 Å². The fraction of sp³-hybridized carbons (Fsp3) is 0.406. The van der Waals surface area contributed by atoms with Crippen molar-refractivity contribution in [2.75, 3.05) is 68.7 Å². The molecule has 40 heavy (non-hydrogen) atoms. The summed E-state index contributed by atoms with van der Waals surface area (Å²) in [7, 11) is 0. The van der Waals surface area contributed by atoms with Gasteiger partial charge < -0.3 is 19.6 Å². The summed E-state index contributed by atoms with van der Waals surface area (Å²) in [5, 5.41) is 4.61. The fourth-order valence-corrected chi connectivity index (χ4v) is 6.46. The largest absolute Gasteiger partial charge is 0.369 e. The third-order valence-corrected chi connectivity index (χ3v) is 9.15. The molecule has 1 saturated carbocycles. The van der Waals surface area contributed by atoms with Crippen molar-refractivity contribution in [1.82, 2.24) is 24.4 Å². The van der Waals surface area contributed by atoms with E-state index < -0.39 is 0 Å². The second kappa shape index (κ2) is 10.2. The van der Waals surface area contributed by atoms with Crippen LogP contribution in [-0.4, -0.2) is 89.2 Å². The average Bonchev–Trinajstić information content (AvgIpc) is 3.73. The first kappa shape index (κ1) is 25.1. The topological polar surface area (TPSA) is 60.2 Å². The number of hydrogen-bond donors (Lipinski definition) is 0. The van der Waals surface area contributed by atoms with E-state index in [-0.39, 0.29) is 11.3 Å². The van der Waals surface area contributed by atoms with Gasteiger partial charge in [-0.3, -0.25) is 9.78 Å². The molecule has 0 N–H and O–H groups in total. The number of piperazine rings is 2. The highest BCUT2D eigenvalue weighted by Gasteiger charge is 2.53. The van der Waals surface area contributed by atoms with Crippen LogP contribution in [0.5, 0.6) is 0 Å². The predicted octanol–water partition coefficient (Wildman–Crippen LogP) is 3.92. The van der Waals surface area contributed by atoms with Crippen molar-refractivity contribution < 1.29 is 4.79 Å². The van der Waals surface area contributed by atoms with Crippen LogP contribution in [0.4, 0.5) is 11.4 Å². The van der Waals surface area contributed by atoms with E-state index in [1.165, 1.54) is 22.5 Å². The molecular formula is C32H37N7O. The molecule has 2 aliphatic heterocycles. The first-order chi connectivity index (χ1) is 19.6. The molecule has 2 saturated heterocycles. The van der Waals surface area contributed by atoms with Crippen LogP contribution in [0.15, 0.2) is 73.3 Å². The minimum Gasteiger partial charge on any atom is -0.369 e. The van der Waals surface area contributed by atoms with Gasteiger partial charge in [-0.15, -0.1) is 0 Å². The Morgan fingerprint density at radius 3 is 2.27 bits per heavy atom. The zero-order chi connectivity index (χ0) is 27.1. The van der Waals surface area contributed by atoms with Crippen LogP contribution in [0.2, 0.25) is 0 Å². The number of hydrogen-bond acceptors (Lipinski definition) is 6. The summed E-state index contributed by atoms with van der Waals surface area (Å²) in [6, 6.07) is 17.3. The Morgan fingerprint density at radius 1 is 0.850 bits per heavy atom. The summed E-state index contributed by atoms with van der Waals surface area (Å²) in [6.45, 7) is 10.9. The summed E-state index contributed by atoms with van der Waals surface area (Å²) < 4.78 is 1.99. The highest BCUT2D eigenvalue weighted by atomic mass is 16.2. The molecule has 1 amide bonds. The highest BCUT2D eigenvalue weighted by Crippen LogP contribution is 2.49. The van der Waals surface area contributed by atoms with Crippen LogP contribution < -0.4 is 9.80 Å². The standard InChI is InChI=1S/C32H37N7O/c1-2-35-14-16-36(17-15-35)28-7-5-25(6-8-28)26-22-30-29(9-13-34-39(30)24-26)37-18-20-38(21-19-37)31(40)32(10-11-32)27-4-3-12-33-23-27/h3-9,12-13,22-24H,2,10-11,14-21H2,1H3. The van der Waals surface area contributed by atoms with Crippen LogP contribution >= 0.6 is 0 Å². The van der Waals surface area contributed by atoms with Crippen LogP contribution in [0, 0.1) is 0 Å². The summed E-state index contributed by atoms with van der Waals surface area (Å²) in [5.74, 6) is 0.265. The third-order valence-electron chi connectivity index (χ3n) is 9.15. The average molecular weight is 536 g/mol. The van der Waals surface area contributed by atoms with Gasteiger partial charge in [0.2, 0.25) is 5.91 Å². The number of nitrogens with zero attached hydrogens (tertiary/aromatic N) is 7. The molecule has 0 spiro atoms. The number of carbonyl (C=O) groups is 1. The Labute approximate surface area is 235 Å². The fourth-order valence-electron chi connectivity index (χ4n) is 6.46. The van der Waals surface area contributed by atoms with Gasteiger partial charge in [-0.05, 0) is 60.8 Å². The smallest absolute Gasteiger partial charge is 0.233 e. The van der Waals surface area contributed by atoms with Gasteiger partial charge in [-0.2, -0.15) is 5.10 Å². The van der Waals surface area contributed by atoms with Gasteiger partial charge in [-0.25, -0.2) is 4.52 Å². The number of carbonyl (C=O) groups excluding carboxylic acids is 1. The quantitative estimate of drug-likeness (QED) is 0.373. The highest BCUT2D eigenvalue weighted by molar-refractivity contribution is 5.91. The minimum absolute atomic E-state index is 0.265. The normalized spacial score (nSPS) is 19.3. The van der Waals surface area contributed by atoms with Crippen molar-refractivity contribution in [2.24, 2.45) is 0 Å². The van der Waals surface area contributed by atoms with E-state index >= 15 is 0 Å². The lowest BCUT2D eigenvalue weighted by molar-refractivity contribution is -0.134. The Bertz CT molecular complexity index is 1480. The van der Waals surface area contributed by atoms with Crippen LogP contribution in [0.1, 0.15) is 25.3 Å². The van der Waals surface area contributed by atoms with Crippen LogP contribution in [0.25, 0.3) is 16.6 Å². The van der Waals surface area contributed by atoms with Crippen molar-refractivity contribution >= 4 is 22.8 Å². The molecule has 0 bridgehead atoms. The number of benzene rings is 1. The van der Waals surface area contributed by atoms with Gasteiger partial charge in [0, 0.05) is 88.4 Å². The van der Waals surface area contributed by atoms with E-state index in [2.05, 4.69) is 79.2 Å². The molecule has 7 rings (SSSR count). The first-order valence-electron chi connectivity index (χ1n) is 14.6. The lowest BCUT2D eigenvalue weighted by Gasteiger charge is -2.38. The zero-order valence-corrected chi connectivity index (χ0v) is 23.2. The molecule has 3 fully saturated rings. The monoisotopic (exact) mass is 535 g/mol. The maximum atomic E-state index is 13.5.